The Hall–Kier alpha value is -2.74. The maximum atomic E-state index is 12.7. The van der Waals surface area contributed by atoms with Gasteiger partial charge in [-0.2, -0.15) is 0 Å². The summed E-state index contributed by atoms with van der Waals surface area (Å²) in [6.07, 6.45) is 3.93. The van der Waals surface area contributed by atoms with E-state index in [0.717, 1.165) is 40.9 Å². The Morgan fingerprint density at radius 2 is 2.14 bits per heavy atom. The van der Waals surface area contributed by atoms with Crippen molar-refractivity contribution in [3.63, 3.8) is 0 Å². The lowest BCUT2D eigenvalue weighted by molar-refractivity contribution is -0.120. The van der Waals surface area contributed by atoms with E-state index in [1.54, 1.807) is 13.4 Å². The van der Waals surface area contributed by atoms with Gasteiger partial charge in [-0.1, -0.05) is 30.0 Å². The first-order valence-electron chi connectivity index (χ1n) is 9.67. The molecule has 7 nitrogen and oxygen atoms in total. The number of ether oxygens (including phenoxy) is 1. The molecule has 1 saturated carbocycles. The van der Waals surface area contributed by atoms with Gasteiger partial charge in [0.25, 0.3) is 0 Å². The second-order valence-electron chi connectivity index (χ2n) is 7.07. The number of aromatic nitrogens is 3. The summed E-state index contributed by atoms with van der Waals surface area (Å²) >= 11 is 1.42. The number of para-hydroxylation sites is 1. The minimum atomic E-state index is -0.309. The summed E-state index contributed by atoms with van der Waals surface area (Å²) in [6, 6.07) is 11.5. The standard InChI is InChI=1S/C21H24N4O3S/c1-14(20(26)22-12-16-6-3-4-8-18(16)27-2)29-21-24-23-19(15-9-10-15)25(21)13-17-7-5-11-28-17/h3-8,11,14-15H,9-10,12-13H2,1-2H3,(H,22,26). The van der Waals surface area contributed by atoms with Crippen LogP contribution in [-0.2, 0) is 17.9 Å². The minimum absolute atomic E-state index is 0.0542. The highest BCUT2D eigenvalue weighted by molar-refractivity contribution is 8.00. The van der Waals surface area contributed by atoms with Gasteiger partial charge in [0.05, 0.1) is 25.2 Å². The summed E-state index contributed by atoms with van der Waals surface area (Å²) in [5.41, 5.74) is 0.942. The Bertz CT molecular complexity index is 966. The molecule has 29 heavy (non-hydrogen) atoms. The number of carbonyl (C=O) groups is 1. The molecule has 2 aromatic heterocycles. The maximum Gasteiger partial charge on any atom is 0.233 e. The predicted molar refractivity (Wildman–Crippen MR) is 110 cm³/mol. The van der Waals surface area contributed by atoms with Gasteiger partial charge in [0.1, 0.15) is 17.3 Å². The van der Waals surface area contributed by atoms with Crippen LogP contribution in [0.1, 0.15) is 42.8 Å². The zero-order valence-corrected chi connectivity index (χ0v) is 17.3. The molecule has 2 heterocycles. The van der Waals surface area contributed by atoms with Crippen molar-refractivity contribution in [1.82, 2.24) is 20.1 Å². The molecule has 0 bridgehead atoms. The number of carbonyl (C=O) groups excluding carboxylic acids is 1. The van der Waals surface area contributed by atoms with Crippen LogP contribution in [0.15, 0.2) is 52.2 Å². The van der Waals surface area contributed by atoms with Gasteiger partial charge >= 0.3 is 0 Å². The van der Waals surface area contributed by atoms with E-state index in [1.807, 2.05) is 43.3 Å². The summed E-state index contributed by atoms with van der Waals surface area (Å²) in [6.45, 7) is 2.87. The van der Waals surface area contributed by atoms with Crippen molar-refractivity contribution in [2.45, 2.75) is 49.2 Å². The van der Waals surface area contributed by atoms with Crippen LogP contribution in [-0.4, -0.2) is 33.0 Å². The molecule has 1 aliphatic carbocycles. The number of rotatable bonds is 9. The molecular formula is C21H24N4O3S. The first-order valence-corrected chi connectivity index (χ1v) is 10.6. The second kappa shape index (κ2) is 8.73. The molecule has 0 aliphatic heterocycles. The Kier molecular flexibility index (Phi) is 5.89. The normalized spacial score (nSPS) is 14.6. The molecule has 152 valence electrons. The van der Waals surface area contributed by atoms with E-state index >= 15 is 0 Å². The van der Waals surface area contributed by atoms with Gasteiger partial charge in [0.2, 0.25) is 5.91 Å². The van der Waals surface area contributed by atoms with Crippen LogP contribution in [0, 0.1) is 0 Å². The number of methoxy groups -OCH3 is 1. The number of amides is 1. The molecule has 0 radical (unpaired) electrons. The summed E-state index contributed by atoms with van der Waals surface area (Å²) in [5.74, 6) is 3.00. The van der Waals surface area contributed by atoms with Crippen molar-refractivity contribution < 1.29 is 13.9 Å². The number of benzene rings is 1. The van der Waals surface area contributed by atoms with E-state index in [0.29, 0.717) is 19.0 Å². The number of hydrogen-bond acceptors (Lipinski definition) is 6. The molecule has 0 spiro atoms. The number of nitrogens with zero attached hydrogens (tertiary/aromatic N) is 3. The zero-order valence-electron chi connectivity index (χ0n) is 16.5. The summed E-state index contributed by atoms with van der Waals surface area (Å²) in [7, 11) is 1.63. The Balaban J connectivity index is 1.42. The molecule has 1 atom stereocenters. The number of furan rings is 1. The maximum absolute atomic E-state index is 12.7. The van der Waals surface area contributed by atoms with Crippen LogP contribution in [0.3, 0.4) is 0 Å². The summed E-state index contributed by atoms with van der Waals surface area (Å²) < 4.78 is 12.9. The molecule has 1 fully saturated rings. The molecule has 0 saturated heterocycles. The monoisotopic (exact) mass is 412 g/mol. The molecule has 3 aromatic rings. The van der Waals surface area contributed by atoms with Crippen molar-refractivity contribution in [2.75, 3.05) is 7.11 Å². The van der Waals surface area contributed by atoms with Gasteiger partial charge in [0.15, 0.2) is 5.16 Å². The molecule has 8 heteroatoms. The minimum Gasteiger partial charge on any atom is -0.496 e. The largest absolute Gasteiger partial charge is 0.496 e. The molecule has 1 aliphatic rings. The Morgan fingerprint density at radius 3 is 2.86 bits per heavy atom. The third-order valence-electron chi connectivity index (χ3n) is 4.88. The fourth-order valence-corrected chi connectivity index (χ4v) is 4.00. The zero-order chi connectivity index (χ0) is 20.2. The molecular weight excluding hydrogens is 388 g/mol. The van der Waals surface area contributed by atoms with Crippen molar-refractivity contribution in [2.24, 2.45) is 0 Å². The van der Waals surface area contributed by atoms with Crippen LogP contribution in [0.25, 0.3) is 0 Å². The van der Waals surface area contributed by atoms with E-state index in [-0.39, 0.29) is 11.2 Å². The van der Waals surface area contributed by atoms with E-state index in [2.05, 4.69) is 20.1 Å². The first-order chi connectivity index (χ1) is 14.2. The van der Waals surface area contributed by atoms with Crippen molar-refractivity contribution >= 4 is 17.7 Å². The van der Waals surface area contributed by atoms with Crippen molar-refractivity contribution in [1.29, 1.82) is 0 Å². The van der Waals surface area contributed by atoms with Crippen LogP contribution in [0.5, 0.6) is 5.75 Å². The van der Waals surface area contributed by atoms with Gasteiger partial charge in [-0.25, -0.2) is 0 Å². The lowest BCUT2D eigenvalue weighted by atomic mass is 10.2. The molecule has 1 aromatic carbocycles. The topological polar surface area (TPSA) is 82.2 Å². The Labute approximate surface area is 173 Å². The second-order valence-corrected chi connectivity index (χ2v) is 8.38. The molecule has 1 N–H and O–H groups in total. The highest BCUT2D eigenvalue weighted by Crippen LogP contribution is 2.40. The highest BCUT2D eigenvalue weighted by Gasteiger charge is 2.31. The average Bonchev–Trinajstić information content (AvgIpc) is 3.31. The highest BCUT2D eigenvalue weighted by atomic mass is 32.2. The van der Waals surface area contributed by atoms with E-state index in [9.17, 15) is 4.79 Å². The van der Waals surface area contributed by atoms with Crippen molar-refractivity contribution in [3.05, 3.63) is 59.8 Å². The van der Waals surface area contributed by atoms with Gasteiger partial charge < -0.3 is 14.5 Å². The fourth-order valence-electron chi connectivity index (χ4n) is 3.12. The summed E-state index contributed by atoms with van der Waals surface area (Å²) in [5, 5.41) is 12.2. The number of hydrogen-bond donors (Lipinski definition) is 1. The van der Waals surface area contributed by atoms with E-state index < -0.39 is 0 Å². The average molecular weight is 413 g/mol. The fraction of sp³-hybridized carbons (Fsp3) is 0.381. The molecule has 1 amide bonds. The van der Waals surface area contributed by atoms with E-state index in [1.165, 1.54) is 11.8 Å². The van der Waals surface area contributed by atoms with Crippen LogP contribution < -0.4 is 10.1 Å². The smallest absolute Gasteiger partial charge is 0.233 e. The third kappa shape index (κ3) is 4.64. The number of nitrogens with one attached hydrogen (secondary N) is 1. The van der Waals surface area contributed by atoms with Gasteiger partial charge in [0, 0.05) is 18.0 Å². The predicted octanol–water partition coefficient (Wildman–Crippen LogP) is 3.60. The Morgan fingerprint density at radius 1 is 1.31 bits per heavy atom. The summed E-state index contributed by atoms with van der Waals surface area (Å²) in [4.78, 5) is 12.7. The third-order valence-corrected chi connectivity index (χ3v) is 5.96. The van der Waals surface area contributed by atoms with Gasteiger partial charge in [-0.3, -0.25) is 9.36 Å². The quantitative estimate of drug-likeness (QED) is 0.541. The lowest BCUT2D eigenvalue weighted by Crippen LogP contribution is -2.30. The van der Waals surface area contributed by atoms with Crippen LogP contribution in [0.4, 0.5) is 0 Å². The van der Waals surface area contributed by atoms with Gasteiger partial charge in [-0.15, -0.1) is 10.2 Å². The first kappa shape index (κ1) is 19.6. The van der Waals surface area contributed by atoms with E-state index in [4.69, 9.17) is 9.15 Å². The van der Waals surface area contributed by atoms with Crippen molar-refractivity contribution in [3.8, 4) is 5.75 Å². The SMILES string of the molecule is COc1ccccc1CNC(=O)C(C)Sc1nnc(C2CC2)n1Cc1ccco1. The number of thioether (sulfide) groups is 1. The lowest BCUT2D eigenvalue weighted by Gasteiger charge is -2.14. The van der Waals surface area contributed by atoms with Crippen LogP contribution >= 0.6 is 11.8 Å². The molecule has 1 unspecified atom stereocenters. The molecule has 4 rings (SSSR count). The van der Waals surface area contributed by atoms with Crippen LogP contribution in [0.2, 0.25) is 0 Å². The van der Waals surface area contributed by atoms with Gasteiger partial charge in [-0.05, 0) is 38.0 Å².